The lowest BCUT2D eigenvalue weighted by Crippen LogP contribution is -2.10. The maximum atomic E-state index is 12.8. The molecule has 1 unspecified atom stereocenters. The van der Waals surface area contributed by atoms with Crippen molar-refractivity contribution in [2.24, 2.45) is 0 Å². The van der Waals surface area contributed by atoms with Crippen molar-refractivity contribution >= 4 is 65.1 Å². The Morgan fingerprint density at radius 1 is 1.38 bits per heavy atom. The SMILES string of the molecule is Nc1c(CS(=O)[O-])c(N(S)C=O)nn1-c1c(Cl)cc(C(F)(F)F)cc1Cl. The third-order valence-electron chi connectivity index (χ3n) is 3.14. The van der Waals surface area contributed by atoms with Crippen LogP contribution in [0.4, 0.5) is 24.8 Å². The lowest BCUT2D eigenvalue weighted by molar-refractivity contribution is -0.137. The van der Waals surface area contributed by atoms with Crippen molar-refractivity contribution in [3.63, 3.8) is 0 Å². The quantitative estimate of drug-likeness (QED) is 0.416. The van der Waals surface area contributed by atoms with E-state index in [9.17, 15) is 26.7 Å². The molecule has 7 nitrogen and oxygen atoms in total. The van der Waals surface area contributed by atoms with Crippen LogP contribution in [0.15, 0.2) is 12.1 Å². The number of hydrogen-bond donors (Lipinski definition) is 2. The number of hydrogen-bond acceptors (Lipinski definition) is 6. The van der Waals surface area contributed by atoms with Gasteiger partial charge in [-0.2, -0.15) is 13.2 Å². The van der Waals surface area contributed by atoms with Crippen LogP contribution in [-0.2, 0) is 27.8 Å². The number of nitrogens with two attached hydrogens (primary N) is 1. The number of carbonyl (C=O) groups is 1. The van der Waals surface area contributed by atoms with Crippen molar-refractivity contribution in [3.8, 4) is 5.69 Å². The molecule has 0 fully saturated rings. The molecule has 2 rings (SSSR count). The highest BCUT2D eigenvalue weighted by molar-refractivity contribution is 7.82. The van der Waals surface area contributed by atoms with Gasteiger partial charge in [0.15, 0.2) is 5.82 Å². The molecule has 0 radical (unpaired) electrons. The minimum atomic E-state index is -4.68. The summed E-state index contributed by atoms with van der Waals surface area (Å²) < 4.78 is 62.0. The highest BCUT2D eigenvalue weighted by atomic mass is 35.5. The average Bonchev–Trinajstić information content (AvgIpc) is 2.82. The first-order chi connectivity index (χ1) is 12.0. The Morgan fingerprint density at radius 2 is 1.92 bits per heavy atom. The molecule has 1 amide bonds. The Kier molecular flexibility index (Phi) is 6.13. The van der Waals surface area contributed by atoms with Gasteiger partial charge >= 0.3 is 6.18 Å². The fourth-order valence-electron chi connectivity index (χ4n) is 2.04. The number of benzene rings is 1. The van der Waals surface area contributed by atoms with E-state index in [2.05, 4.69) is 17.9 Å². The number of halogens is 5. The lowest BCUT2D eigenvalue weighted by Gasteiger charge is -2.13. The van der Waals surface area contributed by atoms with E-state index >= 15 is 0 Å². The summed E-state index contributed by atoms with van der Waals surface area (Å²) in [5.74, 6) is -1.15. The average molecular weight is 448 g/mol. The topological polar surface area (TPSA) is 104 Å². The lowest BCUT2D eigenvalue weighted by atomic mass is 10.2. The summed E-state index contributed by atoms with van der Waals surface area (Å²) >= 11 is 13.0. The molecule has 14 heteroatoms. The minimum absolute atomic E-state index is 0.104. The van der Waals surface area contributed by atoms with E-state index in [1.807, 2.05) is 0 Å². The molecule has 1 heterocycles. The third kappa shape index (κ3) is 4.09. The normalized spacial score (nSPS) is 12.9. The molecule has 2 aromatic rings. The molecule has 1 aromatic heterocycles. The summed E-state index contributed by atoms with van der Waals surface area (Å²) in [6.45, 7) is 0. The second kappa shape index (κ2) is 7.64. The van der Waals surface area contributed by atoms with Crippen molar-refractivity contribution in [3.05, 3.63) is 33.3 Å². The minimum Gasteiger partial charge on any atom is -0.772 e. The third-order valence-corrected chi connectivity index (χ3v) is 4.52. The highest BCUT2D eigenvalue weighted by Gasteiger charge is 2.33. The van der Waals surface area contributed by atoms with Crippen LogP contribution in [0.2, 0.25) is 10.0 Å². The molecule has 0 bridgehead atoms. The van der Waals surface area contributed by atoms with E-state index in [0.717, 1.165) is 4.68 Å². The number of aromatic nitrogens is 2. The first kappa shape index (κ1) is 20.8. The second-order valence-corrected chi connectivity index (χ2v) is 6.93. The van der Waals surface area contributed by atoms with Crippen molar-refractivity contribution in [2.75, 3.05) is 10.0 Å². The van der Waals surface area contributed by atoms with Gasteiger partial charge in [0, 0.05) is 5.75 Å². The maximum absolute atomic E-state index is 12.8. The van der Waals surface area contributed by atoms with Crippen LogP contribution < -0.4 is 10.0 Å². The zero-order valence-corrected chi connectivity index (χ0v) is 15.6. The van der Waals surface area contributed by atoms with Crippen LogP contribution >= 0.6 is 36.0 Å². The van der Waals surface area contributed by atoms with Gasteiger partial charge in [0.2, 0.25) is 6.41 Å². The summed E-state index contributed by atoms with van der Waals surface area (Å²) in [5, 5.41) is 3.04. The molecule has 0 saturated carbocycles. The molecule has 0 aliphatic rings. The largest absolute Gasteiger partial charge is 0.772 e. The van der Waals surface area contributed by atoms with Crippen LogP contribution in [0, 0.1) is 0 Å². The van der Waals surface area contributed by atoms with Crippen LogP contribution in [0.5, 0.6) is 0 Å². The van der Waals surface area contributed by atoms with Gasteiger partial charge in [-0.3, -0.25) is 9.00 Å². The van der Waals surface area contributed by atoms with Gasteiger partial charge in [0.05, 0.1) is 21.2 Å². The van der Waals surface area contributed by atoms with Gasteiger partial charge in [0.25, 0.3) is 0 Å². The first-order valence-corrected chi connectivity index (χ1v) is 8.80. The van der Waals surface area contributed by atoms with Gasteiger partial charge in [-0.05, 0) is 12.1 Å². The van der Waals surface area contributed by atoms with Crippen molar-refractivity contribution in [1.29, 1.82) is 0 Å². The summed E-state index contributed by atoms with van der Waals surface area (Å²) in [5.41, 5.74) is 4.44. The van der Waals surface area contributed by atoms with Gasteiger partial charge in [-0.25, -0.2) is 8.99 Å². The van der Waals surface area contributed by atoms with Gasteiger partial charge < -0.3 is 10.3 Å². The molecular formula is C12H8Cl2F3N4O3S2-. The number of thiol groups is 1. The van der Waals surface area contributed by atoms with E-state index in [1.165, 1.54) is 0 Å². The number of alkyl halides is 3. The molecule has 142 valence electrons. The van der Waals surface area contributed by atoms with Crippen molar-refractivity contribution in [2.45, 2.75) is 11.9 Å². The molecule has 1 atom stereocenters. The second-order valence-electron chi connectivity index (χ2n) is 4.78. The van der Waals surface area contributed by atoms with E-state index in [1.54, 1.807) is 0 Å². The number of nitrogen functional groups attached to an aromatic ring is 1. The van der Waals surface area contributed by atoms with Crippen molar-refractivity contribution in [1.82, 2.24) is 9.78 Å². The van der Waals surface area contributed by atoms with E-state index in [4.69, 9.17) is 28.9 Å². The molecule has 0 aliphatic heterocycles. The van der Waals surface area contributed by atoms with Crippen LogP contribution in [0.1, 0.15) is 11.1 Å². The smallest absolute Gasteiger partial charge is 0.416 e. The zero-order chi connectivity index (χ0) is 19.8. The Labute approximate surface area is 162 Å². The van der Waals surface area contributed by atoms with Crippen LogP contribution in [-0.4, -0.2) is 25.0 Å². The van der Waals surface area contributed by atoms with Crippen molar-refractivity contribution < 1.29 is 26.7 Å². The van der Waals surface area contributed by atoms with Gasteiger partial charge in [-0.1, -0.05) is 47.1 Å². The number of rotatable bonds is 5. The Balaban J connectivity index is 2.71. The summed E-state index contributed by atoms with van der Waals surface area (Å²) in [6.07, 6.45) is -4.46. The molecule has 26 heavy (non-hydrogen) atoms. The molecule has 0 spiro atoms. The Morgan fingerprint density at radius 3 is 2.35 bits per heavy atom. The van der Waals surface area contributed by atoms with E-state index in [0.29, 0.717) is 16.4 Å². The number of amides is 1. The predicted molar refractivity (Wildman–Crippen MR) is 93.2 cm³/mol. The summed E-state index contributed by atoms with van der Waals surface area (Å²) in [7, 11) is 0. The number of carbonyl (C=O) groups excluding carboxylic acids is 1. The zero-order valence-electron chi connectivity index (χ0n) is 12.3. The Hall–Kier alpha value is -1.47. The molecule has 0 saturated heterocycles. The van der Waals surface area contributed by atoms with Gasteiger partial charge in [0.1, 0.15) is 11.5 Å². The highest BCUT2D eigenvalue weighted by Crippen LogP contribution is 2.39. The molecule has 2 N–H and O–H groups in total. The molecular weight excluding hydrogens is 440 g/mol. The number of nitrogens with zero attached hydrogens (tertiary/aromatic N) is 3. The monoisotopic (exact) mass is 447 g/mol. The Bertz CT molecular complexity index is 868. The standard InChI is InChI=1S/C12H9Cl2F3N4O3S2/c13-7-1-5(12(15,16)17)2-8(14)9(7)21-10(18)6(3-26(23)24)11(19-21)20(25)4-22/h1-2,4,25H,3,18H2,(H,23,24)/p-1. The van der Waals surface area contributed by atoms with Crippen LogP contribution in [0.3, 0.4) is 0 Å². The summed E-state index contributed by atoms with van der Waals surface area (Å²) in [4.78, 5) is 10.9. The molecule has 1 aromatic carbocycles. The van der Waals surface area contributed by atoms with Gasteiger partial charge in [-0.15, -0.1) is 5.10 Å². The number of anilines is 2. The van der Waals surface area contributed by atoms with E-state index < -0.39 is 38.6 Å². The fourth-order valence-corrected chi connectivity index (χ4v) is 3.36. The maximum Gasteiger partial charge on any atom is 0.416 e. The van der Waals surface area contributed by atoms with Crippen LogP contribution in [0.25, 0.3) is 5.69 Å². The molecule has 0 aliphatic carbocycles. The summed E-state index contributed by atoms with van der Waals surface area (Å²) in [6, 6.07) is 1.24. The first-order valence-electron chi connectivity index (χ1n) is 6.40. The van der Waals surface area contributed by atoms with E-state index in [-0.39, 0.29) is 29.3 Å². The fraction of sp³-hybridized carbons (Fsp3) is 0.167. The predicted octanol–water partition coefficient (Wildman–Crippen LogP) is 2.97.